The first kappa shape index (κ1) is 31.5. The quantitative estimate of drug-likeness (QED) is 0.167. The van der Waals surface area contributed by atoms with E-state index in [2.05, 4.69) is 207 Å². The van der Waals surface area contributed by atoms with Gasteiger partial charge in [0, 0.05) is 42.6 Å². The van der Waals surface area contributed by atoms with Crippen LogP contribution >= 0.6 is 11.3 Å². The van der Waals surface area contributed by atoms with Crippen molar-refractivity contribution in [3.05, 3.63) is 199 Å². The Morgan fingerprint density at radius 1 is 0.358 bits per heavy atom. The third-order valence-corrected chi connectivity index (χ3v) is 12.2. The lowest BCUT2D eigenvalue weighted by atomic mass is 9.82. The number of hydrogen-bond donors (Lipinski definition) is 0. The van der Waals surface area contributed by atoms with E-state index in [1.807, 2.05) is 11.3 Å². The summed E-state index contributed by atoms with van der Waals surface area (Å²) in [6.45, 7) is 4.68. The number of hydrogen-bond acceptors (Lipinski definition) is 2. The van der Waals surface area contributed by atoms with E-state index < -0.39 is 0 Å². The molecular formula is C51H37NS. The average molecular weight is 696 g/mol. The van der Waals surface area contributed by atoms with E-state index in [0.717, 1.165) is 17.1 Å². The second kappa shape index (κ2) is 12.5. The molecule has 0 atom stereocenters. The predicted molar refractivity (Wildman–Crippen MR) is 228 cm³/mol. The normalized spacial score (nSPS) is 12.9. The summed E-state index contributed by atoms with van der Waals surface area (Å²) in [4.78, 5) is 2.35. The number of benzene rings is 8. The summed E-state index contributed by atoms with van der Waals surface area (Å²) in [6.07, 6.45) is 0. The molecule has 10 rings (SSSR count). The Kier molecular flexibility index (Phi) is 7.42. The van der Waals surface area contributed by atoms with Crippen LogP contribution < -0.4 is 4.90 Å². The van der Waals surface area contributed by atoms with Crippen LogP contribution in [0.1, 0.15) is 25.0 Å². The molecule has 53 heavy (non-hydrogen) atoms. The third-order valence-electron chi connectivity index (χ3n) is 11.1. The van der Waals surface area contributed by atoms with Crippen LogP contribution in [0.2, 0.25) is 0 Å². The van der Waals surface area contributed by atoms with Crippen molar-refractivity contribution in [2.75, 3.05) is 4.90 Å². The second-order valence-electron chi connectivity index (χ2n) is 14.6. The molecule has 0 unspecified atom stereocenters. The highest BCUT2D eigenvalue weighted by Crippen LogP contribution is 2.49. The lowest BCUT2D eigenvalue weighted by Crippen LogP contribution is -2.14. The lowest BCUT2D eigenvalue weighted by Gasteiger charge is -2.26. The van der Waals surface area contributed by atoms with E-state index in [0.29, 0.717) is 0 Å². The highest BCUT2D eigenvalue weighted by molar-refractivity contribution is 7.25. The Labute approximate surface area is 315 Å². The van der Waals surface area contributed by atoms with Crippen LogP contribution in [0.15, 0.2) is 188 Å². The van der Waals surface area contributed by atoms with Gasteiger partial charge < -0.3 is 4.90 Å². The molecule has 252 valence electrons. The van der Waals surface area contributed by atoms with E-state index in [-0.39, 0.29) is 5.41 Å². The summed E-state index contributed by atoms with van der Waals surface area (Å²) in [5, 5.41) is 2.65. The minimum Gasteiger partial charge on any atom is -0.310 e. The topological polar surface area (TPSA) is 3.24 Å². The number of thiophene rings is 1. The standard InChI is InChI=1S/C51H37NS/c1-51(2)47-20-8-6-18-43(47)45-32-39(24-28-48(45)51)36-13-10-12-35(30-36)37-14-11-17-42(31-37)52(40-15-4-3-5-16-40)41-26-22-34(23-27-41)38-25-29-50-46(33-38)44-19-7-9-21-49(44)53-50/h3-33H,1-2H3. The summed E-state index contributed by atoms with van der Waals surface area (Å²) in [6, 6.07) is 69.0. The van der Waals surface area contributed by atoms with Crippen LogP contribution in [0, 0.1) is 0 Å². The van der Waals surface area contributed by atoms with E-state index >= 15 is 0 Å². The summed E-state index contributed by atoms with van der Waals surface area (Å²) < 4.78 is 2.66. The fourth-order valence-electron chi connectivity index (χ4n) is 8.34. The number of rotatable bonds is 6. The largest absolute Gasteiger partial charge is 0.310 e. The van der Waals surface area contributed by atoms with Crippen molar-refractivity contribution >= 4 is 48.6 Å². The SMILES string of the molecule is CC1(C)c2ccccc2-c2cc(-c3cccc(-c4cccc(N(c5ccccc5)c5ccc(-c6ccc7sc8ccccc8c7c6)cc5)c4)c3)ccc21. The molecule has 1 aliphatic carbocycles. The molecule has 0 bridgehead atoms. The van der Waals surface area contributed by atoms with Gasteiger partial charge in [0.05, 0.1) is 0 Å². The molecule has 0 saturated heterocycles. The fraction of sp³-hybridized carbons (Fsp3) is 0.0588. The molecule has 9 aromatic rings. The molecule has 0 saturated carbocycles. The van der Waals surface area contributed by atoms with Crippen LogP contribution in [0.5, 0.6) is 0 Å². The molecule has 2 heteroatoms. The van der Waals surface area contributed by atoms with Gasteiger partial charge in [0.1, 0.15) is 0 Å². The summed E-state index contributed by atoms with van der Waals surface area (Å²) >= 11 is 1.86. The Morgan fingerprint density at radius 3 is 1.75 bits per heavy atom. The van der Waals surface area contributed by atoms with Gasteiger partial charge in [0.2, 0.25) is 0 Å². The van der Waals surface area contributed by atoms with Crippen molar-refractivity contribution in [3.63, 3.8) is 0 Å². The molecule has 0 radical (unpaired) electrons. The van der Waals surface area contributed by atoms with Crippen molar-refractivity contribution in [1.29, 1.82) is 0 Å². The van der Waals surface area contributed by atoms with Crippen LogP contribution in [0.4, 0.5) is 17.1 Å². The number of para-hydroxylation sites is 1. The van der Waals surface area contributed by atoms with Gasteiger partial charge in [0.25, 0.3) is 0 Å². The Morgan fingerprint density at radius 2 is 0.925 bits per heavy atom. The molecular weight excluding hydrogens is 659 g/mol. The molecule has 1 aliphatic rings. The summed E-state index contributed by atoms with van der Waals surface area (Å²) in [5.74, 6) is 0. The van der Waals surface area contributed by atoms with Crippen LogP contribution in [-0.4, -0.2) is 0 Å². The van der Waals surface area contributed by atoms with Gasteiger partial charge in [-0.3, -0.25) is 0 Å². The van der Waals surface area contributed by atoms with Crippen molar-refractivity contribution in [2.45, 2.75) is 19.3 Å². The smallest absolute Gasteiger partial charge is 0.0467 e. The maximum absolute atomic E-state index is 2.39. The van der Waals surface area contributed by atoms with Gasteiger partial charge in [-0.2, -0.15) is 0 Å². The fourth-order valence-corrected chi connectivity index (χ4v) is 9.42. The van der Waals surface area contributed by atoms with Crippen molar-refractivity contribution in [1.82, 2.24) is 0 Å². The first-order valence-corrected chi connectivity index (χ1v) is 19.2. The lowest BCUT2D eigenvalue weighted by molar-refractivity contribution is 0.660. The third kappa shape index (κ3) is 5.37. The molecule has 0 N–H and O–H groups in total. The maximum atomic E-state index is 2.39. The Bertz CT molecular complexity index is 2810. The second-order valence-corrected chi connectivity index (χ2v) is 15.7. The number of fused-ring (bicyclic) bond motifs is 6. The minimum absolute atomic E-state index is 0.00536. The molecule has 1 heterocycles. The zero-order valence-electron chi connectivity index (χ0n) is 29.8. The van der Waals surface area contributed by atoms with E-state index in [4.69, 9.17) is 0 Å². The highest BCUT2D eigenvalue weighted by Gasteiger charge is 2.35. The molecule has 1 aromatic heterocycles. The zero-order valence-corrected chi connectivity index (χ0v) is 30.6. The van der Waals surface area contributed by atoms with Gasteiger partial charge in [-0.15, -0.1) is 11.3 Å². The minimum atomic E-state index is 0.00536. The predicted octanol–water partition coefficient (Wildman–Crippen LogP) is 14.8. The van der Waals surface area contributed by atoms with Crippen molar-refractivity contribution in [3.8, 4) is 44.5 Å². The molecule has 0 aliphatic heterocycles. The molecule has 0 amide bonds. The van der Waals surface area contributed by atoms with Crippen LogP contribution in [0.25, 0.3) is 64.7 Å². The van der Waals surface area contributed by atoms with E-state index in [9.17, 15) is 0 Å². The van der Waals surface area contributed by atoms with Crippen LogP contribution in [0.3, 0.4) is 0 Å². The molecule has 1 nitrogen and oxygen atoms in total. The van der Waals surface area contributed by atoms with Gasteiger partial charge in [-0.05, 0) is 122 Å². The van der Waals surface area contributed by atoms with E-state index in [1.165, 1.54) is 75.8 Å². The highest BCUT2D eigenvalue weighted by atomic mass is 32.1. The van der Waals surface area contributed by atoms with Gasteiger partial charge in [-0.1, -0.05) is 135 Å². The first-order valence-electron chi connectivity index (χ1n) is 18.3. The first-order chi connectivity index (χ1) is 26.0. The number of nitrogens with zero attached hydrogens (tertiary/aromatic N) is 1. The molecule has 0 spiro atoms. The van der Waals surface area contributed by atoms with Crippen molar-refractivity contribution in [2.24, 2.45) is 0 Å². The van der Waals surface area contributed by atoms with Gasteiger partial charge in [-0.25, -0.2) is 0 Å². The van der Waals surface area contributed by atoms with Gasteiger partial charge in [0.15, 0.2) is 0 Å². The molecule has 8 aromatic carbocycles. The van der Waals surface area contributed by atoms with Crippen molar-refractivity contribution < 1.29 is 0 Å². The number of anilines is 3. The summed E-state index contributed by atoms with van der Waals surface area (Å²) in [7, 11) is 0. The van der Waals surface area contributed by atoms with Crippen LogP contribution in [-0.2, 0) is 5.41 Å². The zero-order chi connectivity index (χ0) is 35.5. The monoisotopic (exact) mass is 695 g/mol. The summed E-state index contributed by atoms with van der Waals surface area (Å²) in [5.41, 5.74) is 16.2. The maximum Gasteiger partial charge on any atom is 0.0467 e. The Hall–Kier alpha value is -6.22. The average Bonchev–Trinajstić information content (AvgIpc) is 3.70. The Balaban J connectivity index is 0.999. The van der Waals surface area contributed by atoms with Gasteiger partial charge >= 0.3 is 0 Å². The molecule has 0 fully saturated rings. The van der Waals surface area contributed by atoms with E-state index in [1.54, 1.807) is 0 Å².